The summed E-state index contributed by atoms with van der Waals surface area (Å²) in [6, 6.07) is 16.5. The molecule has 0 saturated heterocycles. The Morgan fingerprint density at radius 3 is 2.42 bits per heavy atom. The molecule has 1 aromatic heterocycles. The second kappa shape index (κ2) is 4.82. The van der Waals surface area contributed by atoms with Crippen molar-refractivity contribution in [2.45, 2.75) is 19.8 Å². The van der Waals surface area contributed by atoms with Gasteiger partial charge in [-0.1, -0.05) is 38.1 Å². The van der Waals surface area contributed by atoms with Gasteiger partial charge in [0.05, 0.1) is 16.7 Å². The third-order valence-electron chi connectivity index (χ3n) is 3.20. The van der Waals surface area contributed by atoms with Gasteiger partial charge in [0.25, 0.3) is 0 Å². The van der Waals surface area contributed by atoms with Gasteiger partial charge in [-0.2, -0.15) is 0 Å². The molecule has 1 heterocycles. The van der Waals surface area contributed by atoms with Gasteiger partial charge in [0.1, 0.15) is 5.82 Å². The van der Waals surface area contributed by atoms with Crippen LogP contribution in [0.5, 0.6) is 0 Å². The Morgan fingerprint density at radius 1 is 1.00 bits per heavy atom. The zero-order valence-electron chi connectivity index (χ0n) is 11.0. The van der Waals surface area contributed by atoms with E-state index in [1.165, 1.54) is 0 Å². The standard InChI is InChI=1S/C16H15BrN2/c1-11(2)16-18-13-8-4-6-10-15(13)19(16)14-9-5-3-7-12(14)17/h3-11H,1-2H3. The fourth-order valence-corrected chi connectivity index (χ4v) is 2.78. The van der Waals surface area contributed by atoms with Gasteiger partial charge >= 0.3 is 0 Å². The van der Waals surface area contributed by atoms with Crippen LogP contribution < -0.4 is 0 Å². The first-order chi connectivity index (χ1) is 9.18. The van der Waals surface area contributed by atoms with E-state index in [0.29, 0.717) is 5.92 Å². The zero-order chi connectivity index (χ0) is 13.4. The minimum atomic E-state index is 0.375. The van der Waals surface area contributed by atoms with Crippen LogP contribution in [0, 0.1) is 0 Å². The zero-order valence-corrected chi connectivity index (χ0v) is 12.6. The molecule has 0 unspecified atom stereocenters. The predicted octanol–water partition coefficient (Wildman–Crippen LogP) is 4.91. The molecule has 0 aliphatic heterocycles. The number of para-hydroxylation sites is 3. The topological polar surface area (TPSA) is 17.8 Å². The van der Waals surface area contributed by atoms with Crippen LogP contribution in [0.2, 0.25) is 0 Å². The number of hydrogen-bond acceptors (Lipinski definition) is 1. The fraction of sp³-hybridized carbons (Fsp3) is 0.188. The number of benzene rings is 2. The molecule has 0 amide bonds. The second-order valence-electron chi connectivity index (χ2n) is 4.90. The smallest absolute Gasteiger partial charge is 0.117 e. The Bertz CT molecular complexity index is 728. The van der Waals surface area contributed by atoms with E-state index in [9.17, 15) is 0 Å². The van der Waals surface area contributed by atoms with E-state index in [0.717, 1.165) is 27.0 Å². The summed E-state index contributed by atoms with van der Waals surface area (Å²) in [5.74, 6) is 1.47. The summed E-state index contributed by atoms with van der Waals surface area (Å²) in [4.78, 5) is 4.77. The van der Waals surface area contributed by atoms with Gasteiger partial charge in [0.2, 0.25) is 0 Å². The first kappa shape index (κ1) is 12.4. The van der Waals surface area contributed by atoms with Crippen LogP contribution in [0.1, 0.15) is 25.6 Å². The Kier molecular flexibility index (Phi) is 3.15. The molecule has 3 aromatic rings. The molecule has 96 valence electrons. The van der Waals surface area contributed by atoms with Crippen molar-refractivity contribution in [1.29, 1.82) is 0 Å². The lowest BCUT2D eigenvalue weighted by Gasteiger charge is -2.13. The van der Waals surface area contributed by atoms with Crippen LogP contribution in [-0.2, 0) is 0 Å². The average Bonchev–Trinajstić information content (AvgIpc) is 2.79. The van der Waals surface area contributed by atoms with Gasteiger partial charge in [-0.05, 0) is 40.2 Å². The summed E-state index contributed by atoms with van der Waals surface area (Å²) in [5, 5.41) is 0. The highest BCUT2D eigenvalue weighted by atomic mass is 79.9. The van der Waals surface area contributed by atoms with E-state index in [1.54, 1.807) is 0 Å². The first-order valence-corrected chi connectivity index (χ1v) is 7.20. The molecule has 0 fully saturated rings. The summed E-state index contributed by atoms with van der Waals surface area (Å²) in [5.41, 5.74) is 3.33. The van der Waals surface area contributed by atoms with Crippen LogP contribution in [0.3, 0.4) is 0 Å². The number of fused-ring (bicyclic) bond motifs is 1. The van der Waals surface area contributed by atoms with E-state index >= 15 is 0 Å². The highest BCUT2D eigenvalue weighted by Gasteiger charge is 2.15. The van der Waals surface area contributed by atoms with Crippen LogP contribution in [0.25, 0.3) is 16.7 Å². The minimum absolute atomic E-state index is 0.375. The molecule has 0 aliphatic carbocycles. The number of rotatable bonds is 2. The predicted molar refractivity (Wildman–Crippen MR) is 82.9 cm³/mol. The summed E-state index contributed by atoms with van der Waals surface area (Å²) >= 11 is 3.64. The monoisotopic (exact) mass is 314 g/mol. The number of halogens is 1. The number of hydrogen-bond donors (Lipinski definition) is 0. The first-order valence-electron chi connectivity index (χ1n) is 6.41. The molecular weight excluding hydrogens is 300 g/mol. The lowest BCUT2D eigenvalue weighted by Crippen LogP contribution is -2.03. The summed E-state index contributed by atoms with van der Waals surface area (Å²) in [7, 11) is 0. The maximum atomic E-state index is 4.77. The van der Waals surface area contributed by atoms with E-state index < -0.39 is 0 Å². The molecule has 2 nitrogen and oxygen atoms in total. The molecule has 0 N–H and O–H groups in total. The largest absolute Gasteiger partial charge is 0.295 e. The lowest BCUT2D eigenvalue weighted by molar-refractivity contribution is 0.759. The van der Waals surface area contributed by atoms with Crippen LogP contribution in [0.15, 0.2) is 53.0 Å². The third kappa shape index (κ3) is 2.08. The Hall–Kier alpha value is -1.61. The second-order valence-corrected chi connectivity index (χ2v) is 5.75. The summed E-state index contributed by atoms with van der Waals surface area (Å²) in [6.45, 7) is 4.35. The lowest BCUT2D eigenvalue weighted by atomic mass is 10.2. The average molecular weight is 315 g/mol. The molecule has 3 rings (SSSR count). The highest BCUT2D eigenvalue weighted by molar-refractivity contribution is 9.10. The van der Waals surface area contributed by atoms with Crippen molar-refractivity contribution < 1.29 is 0 Å². The molecule has 19 heavy (non-hydrogen) atoms. The van der Waals surface area contributed by atoms with Gasteiger partial charge in [0.15, 0.2) is 0 Å². The van der Waals surface area contributed by atoms with Crippen LogP contribution in [-0.4, -0.2) is 9.55 Å². The quantitative estimate of drug-likeness (QED) is 0.657. The van der Waals surface area contributed by atoms with Gasteiger partial charge in [-0.25, -0.2) is 4.98 Å². The van der Waals surface area contributed by atoms with Crippen molar-refractivity contribution in [2.24, 2.45) is 0 Å². The van der Waals surface area contributed by atoms with Crippen LogP contribution >= 0.6 is 15.9 Å². The Labute approximate surface area is 121 Å². The SMILES string of the molecule is CC(C)c1nc2ccccc2n1-c1ccccc1Br. The van der Waals surface area contributed by atoms with Crippen molar-refractivity contribution in [2.75, 3.05) is 0 Å². The Morgan fingerprint density at radius 2 is 1.68 bits per heavy atom. The van der Waals surface area contributed by atoms with E-state index in [2.05, 4.69) is 70.7 Å². The molecule has 0 saturated carbocycles. The van der Waals surface area contributed by atoms with Gasteiger partial charge in [-0.3, -0.25) is 4.57 Å². The molecular formula is C16H15BrN2. The normalized spacial score (nSPS) is 11.4. The molecule has 0 radical (unpaired) electrons. The fourth-order valence-electron chi connectivity index (χ4n) is 2.32. The molecule has 0 bridgehead atoms. The van der Waals surface area contributed by atoms with Crippen molar-refractivity contribution in [3.63, 3.8) is 0 Å². The van der Waals surface area contributed by atoms with Crippen molar-refractivity contribution >= 4 is 27.0 Å². The molecule has 3 heteroatoms. The number of imidazole rings is 1. The van der Waals surface area contributed by atoms with Gasteiger partial charge in [-0.15, -0.1) is 0 Å². The van der Waals surface area contributed by atoms with Crippen molar-refractivity contribution in [3.05, 3.63) is 58.8 Å². The maximum absolute atomic E-state index is 4.77. The third-order valence-corrected chi connectivity index (χ3v) is 3.87. The number of nitrogens with zero attached hydrogens (tertiary/aromatic N) is 2. The van der Waals surface area contributed by atoms with Gasteiger partial charge < -0.3 is 0 Å². The van der Waals surface area contributed by atoms with Crippen molar-refractivity contribution in [1.82, 2.24) is 9.55 Å². The van der Waals surface area contributed by atoms with Crippen LogP contribution in [0.4, 0.5) is 0 Å². The minimum Gasteiger partial charge on any atom is -0.295 e. The molecule has 0 spiro atoms. The molecule has 2 aromatic carbocycles. The van der Waals surface area contributed by atoms with Gasteiger partial charge in [0, 0.05) is 10.4 Å². The van der Waals surface area contributed by atoms with Crippen molar-refractivity contribution in [3.8, 4) is 5.69 Å². The highest BCUT2D eigenvalue weighted by Crippen LogP contribution is 2.29. The Balaban J connectivity index is 2.38. The van der Waals surface area contributed by atoms with E-state index in [-0.39, 0.29) is 0 Å². The molecule has 0 aliphatic rings. The van der Waals surface area contributed by atoms with E-state index in [4.69, 9.17) is 4.98 Å². The maximum Gasteiger partial charge on any atom is 0.117 e. The number of aromatic nitrogens is 2. The summed E-state index contributed by atoms with van der Waals surface area (Å²) < 4.78 is 3.32. The van der Waals surface area contributed by atoms with E-state index in [1.807, 2.05) is 12.1 Å². The summed E-state index contributed by atoms with van der Waals surface area (Å²) in [6.07, 6.45) is 0. The molecule has 0 atom stereocenters.